The first-order valence-electron chi connectivity index (χ1n) is 7.98. The molecule has 1 aliphatic rings. The second kappa shape index (κ2) is 9.27. The lowest BCUT2D eigenvalue weighted by molar-refractivity contribution is -0.128. The number of rotatable bonds is 5. The largest absolute Gasteiger partial charge is 0.283 e. The number of carbonyl (C=O) groups excluding carboxylic acids is 2. The minimum absolute atomic E-state index is 0.233. The molecule has 150 valence electrons. The summed E-state index contributed by atoms with van der Waals surface area (Å²) in [6.45, 7) is -0.260. The Bertz CT molecular complexity index is 996. The molecule has 0 spiro atoms. The van der Waals surface area contributed by atoms with E-state index < -0.39 is 11.8 Å². The molecule has 29 heavy (non-hydrogen) atoms. The Morgan fingerprint density at radius 3 is 2.55 bits per heavy atom. The van der Waals surface area contributed by atoms with Gasteiger partial charge in [-0.15, -0.1) is 10.2 Å². The van der Waals surface area contributed by atoms with E-state index in [2.05, 4.69) is 15.6 Å². The van der Waals surface area contributed by atoms with E-state index >= 15 is 0 Å². The lowest BCUT2D eigenvalue weighted by Crippen LogP contribution is -2.46. The topological polar surface area (TPSA) is 78.4 Å². The molecular formula is C17H12Cl3N5O2S2. The molecule has 0 aliphatic carbocycles. The summed E-state index contributed by atoms with van der Waals surface area (Å²) in [5, 5.41) is 9.97. The van der Waals surface area contributed by atoms with Crippen molar-refractivity contribution in [1.82, 2.24) is 20.5 Å². The third-order valence-corrected chi connectivity index (χ3v) is 5.94. The van der Waals surface area contributed by atoms with E-state index in [4.69, 9.17) is 47.0 Å². The van der Waals surface area contributed by atoms with E-state index in [0.717, 1.165) is 11.8 Å². The van der Waals surface area contributed by atoms with Crippen LogP contribution in [0.1, 0.15) is 5.56 Å². The van der Waals surface area contributed by atoms with Crippen molar-refractivity contribution in [3.63, 3.8) is 0 Å². The normalized spacial score (nSPS) is 15.2. The molecule has 0 bridgehead atoms. The fourth-order valence-corrected chi connectivity index (χ4v) is 4.17. The van der Waals surface area contributed by atoms with Gasteiger partial charge in [0.25, 0.3) is 11.8 Å². The number of halogens is 3. The van der Waals surface area contributed by atoms with Gasteiger partial charge in [0.15, 0.2) is 11.0 Å². The minimum Gasteiger partial charge on any atom is -0.283 e. The molecule has 1 saturated heterocycles. The van der Waals surface area contributed by atoms with Crippen LogP contribution in [-0.4, -0.2) is 44.8 Å². The van der Waals surface area contributed by atoms with Crippen molar-refractivity contribution in [1.29, 1.82) is 0 Å². The summed E-state index contributed by atoms with van der Waals surface area (Å²) in [7, 11) is 1.58. The summed E-state index contributed by atoms with van der Waals surface area (Å²) in [6, 6.07) is 8.18. The van der Waals surface area contributed by atoms with E-state index in [1.165, 1.54) is 9.91 Å². The zero-order valence-corrected chi connectivity index (χ0v) is 18.6. The van der Waals surface area contributed by atoms with Crippen LogP contribution in [0, 0.1) is 0 Å². The van der Waals surface area contributed by atoms with Crippen LogP contribution >= 0.6 is 58.8 Å². The maximum atomic E-state index is 12.7. The molecule has 0 radical (unpaired) electrons. The van der Waals surface area contributed by atoms with Crippen LogP contribution in [-0.2, 0) is 9.59 Å². The van der Waals surface area contributed by atoms with Crippen molar-refractivity contribution in [3.8, 4) is 0 Å². The number of anilines is 1. The molecule has 2 amide bonds. The molecule has 1 aliphatic heterocycles. The van der Waals surface area contributed by atoms with E-state index in [1.54, 1.807) is 43.5 Å². The molecule has 0 atom stereocenters. The second-order valence-electron chi connectivity index (χ2n) is 5.71. The first-order chi connectivity index (χ1) is 13.8. The first kappa shape index (κ1) is 21.8. The summed E-state index contributed by atoms with van der Waals surface area (Å²) in [5.41, 5.74) is 3.11. The Kier molecular flexibility index (Phi) is 6.97. The molecule has 1 aromatic heterocycles. The van der Waals surface area contributed by atoms with Crippen LogP contribution in [0.5, 0.6) is 0 Å². The molecule has 0 saturated carbocycles. The molecule has 12 heteroatoms. The lowest BCUT2D eigenvalue weighted by Gasteiger charge is -2.20. The van der Waals surface area contributed by atoms with Crippen LogP contribution in [0.15, 0.2) is 35.2 Å². The number of amides is 2. The van der Waals surface area contributed by atoms with Gasteiger partial charge in [0, 0.05) is 22.7 Å². The average Bonchev–Trinajstić information content (AvgIpc) is 2.92. The molecule has 7 nitrogen and oxygen atoms in total. The van der Waals surface area contributed by atoms with E-state index in [0.29, 0.717) is 26.3 Å². The fraction of sp³-hybridized carbons (Fsp3) is 0.118. The zero-order chi connectivity index (χ0) is 21.1. The Hall–Kier alpha value is -1.91. The Morgan fingerprint density at radius 1 is 1.24 bits per heavy atom. The number of nitrogens with one attached hydrogen (secondary N) is 1. The van der Waals surface area contributed by atoms with E-state index in [1.807, 2.05) is 0 Å². The van der Waals surface area contributed by atoms with Crippen LogP contribution in [0.4, 0.5) is 5.82 Å². The van der Waals surface area contributed by atoms with Crippen molar-refractivity contribution in [2.24, 2.45) is 0 Å². The molecule has 1 fully saturated rings. The SMILES string of the molecule is CN(NC(=O)CN1C(=O)/C(=C/c2c(Cl)cccc2Cl)SC1=S)c1ccc(Cl)nn1. The number of thioether (sulfide) groups is 1. The lowest BCUT2D eigenvalue weighted by atomic mass is 10.2. The van der Waals surface area contributed by atoms with E-state index in [-0.39, 0.29) is 16.0 Å². The molecule has 1 aromatic carbocycles. The number of hydrazine groups is 1. The van der Waals surface area contributed by atoms with Gasteiger partial charge in [-0.2, -0.15) is 0 Å². The monoisotopic (exact) mass is 487 g/mol. The standard InChI is InChI=1S/C17H12Cl3N5O2S2/c1-24(14-6-5-13(20)21-22-14)23-15(26)8-25-16(27)12(29-17(25)28)7-9-10(18)3-2-4-11(9)19/h2-7H,8H2,1H3,(H,23,26)/b12-7-. The Balaban J connectivity index is 1.69. The predicted octanol–water partition coefficient (Wildman–Crippen LogP) is 3.81. The molecule has 2 aromatic rings. The number of carbonyl (C=O) groups is 2. The Labute approximate surface area is 191 Å². The van der Waals surface area contributed by atoms with Gasteiger partial charge in [-0.3, -0.25) is 24.9 Å². The van der Waals surface area contributed by atoms with Gasteiger partial charge in [0.1, 0.15) is 10.9 Å². The van der Waals surface area contributed by atoms with Gasteiger partial charge >= 0.3 is 0 Å². The summed E-state index contributed by atoms with van der Waals surface area (Å²) in [4.78, 5) is 26.6. The van der Waals surface area contributed by atoms with Crippen LogP contribution in [0.3, 0.4) is 0 Å². The Morgan fingerprint density at radius 2 is 1.93 bits per heavy atom. The quantitative estimate of drug-likeness (QED) is 0.389. The van der Waals surface area contributed by atoms with Crippen molar-refractivity contribution in [2.75, 3.05) is 18.6 Å². The summed E-state index contributed by atoms with van der Waals surface area (Å²) in [6.07, 6.45) is 1.57. The zero-order valence-electron chi connectivity index (χ0n) is 14.7. The first-order valence-corrected chi connectivity index (χ1v) is 10.3. The highest BCUT2D eigenvalue weighted by molar-refractivity contribution is 8.26. The maximum Gasteiger partial charge on any atom is 0.266 e. The highest BCUT2D eigenvalue weighted by Gasteiger charge is 2.34. The minimum atomic E-state index is -0.461. The van der Waals surface area contributed by atoms with Crippen LogP contribution < -0.4 is 10.4 Å². The average molecular weight is 489 g/mol. The van der Waals surface area contributed by atoms with Gasteiger partial charge in [0.05, 0.1) is 4.91 Å². The molecular weight excluding hydrogens is 477 g/mol. The summed E-state index contributed by atoms with van der Waals surface area (Å²) < 4.78 is 0.258. The molecule has 0 unspecified atom stereocenters. The molecule has 2 heterocycles. The smallest absolute Gasteiger partial charge is 0.266 e. The second-order valence-corrected chi connectivity index (χ2v) is 8.59. The third kappa shape index (κ3) is 5.18. The maximum absolute atomic E-state index is 12.7. The highest BCUT2D eigenvalue weighted by Crippen LogP contribution is 2.35. The number of thiocarbonyl (C=S) groups is 1. The van der Waals surface area contributed by atoms with Gasteiger partial charge in [0.2, 0.25) is 0 Å². The van der Waals surface area contributed by atoms with Crippen molar-refractivity contribution in [2.45, 2.75) is 0 Å². The van der Waals surface area contributed by atoms with Gasteiger partial charge in [-0.25, -0.2) is 0 Å². The number of nitrogens with zero attached hydrogens (tertiary/aromatic N) is 4. The predicted molar refractivity (Wildman–Crippen MR) is 120 cm³/mol. The fourth-order valence-electron chi connectivity index (χ4n) is 2.33. The van der Waals surface area contributed by atoms with Crippen molar-refractivity contribution >= 4 is 86.8 Å². The molecule has 1 N–H and O–H groups in total. The number of hydrogen-bond acceptors (Lipinski definition) is 7. The van der Waals surface area contributed by atoms with Gasteiger partial charge in [-0.1, -0.05) is 64.8 Å². The van der Waals surface area contributed by atoms with E-state index in [9.17, 15) is 9.59 Å². The highest BCUT2D eigenvalue weighted by atomic mass is 35.5. The van der Waals surface area contributed by atoms with Gasteiger partial charge < -0.3 is 0 Å². The van der Waals surface area contributed by atoms with Crippen molar-refractivity contribution in [3.05, 3.63) is 56.0 Å². The van der Waals surface area contributed by atoms with Crippen molar-refractivity contribution < 1.29 is 9.59 Å². The summed E-state index contributed by atoms with van der Waals surface area (Å²) >= 11 is 24.3. The number of hydrogen-bond donors (Lipinski definition) is 1. The third-order valence-electron chi connectivity index (χ3n) is 3.70. The van der Waals surface area contributed by atoms with Gasteiger partial charge in [-0.05, 0) is 30.3 Å². The number of aromatic nitrogens is 2. The van der Waals surface area contributed by atoms with Crippen LogP contribution in [0.2, 0.25) is 15.2 Å². The van der Waals surface area contributed by atoms with Crippen LogP contribution in [0.25, 0.3) is 6.08 Å². The number of benzene rings is 1. The molecule has 3 rings (SSSR count). The summed E-state index contributed by atoms with van der Waals surface area (Å²) in [5.74, 6) is -0.487.